The van der Waals surface area contributed by atoms with Crippen LogP contribution >= 0.6 is 28.1 Å². The summed E-state index contributed by atoms with van der Waals surface area (Å²) in [5, 5.41) is 3.18. The average molecular weight is 373 g/mol. The predicted octanol–water partition coefficient (Wildman–Crippen LogP) is 2.19. The van der Waals surface area contributed by atoms with Gasteiger partial charge >= 0.3 is 0 Å². The second kappa shape index (κ2) is 7.72. The molecule has 1 amide bonds. The molecule has 0 saturated carbocycles. The molecule has 1 aliphatic heterocycles. The van der Waals surface area contributed by atoms with Crippen LogP contribution in [-0.2, 0) is 4.74 Å². The summed E-state index contributed by atoms with van der Waals surface area (Å²) < 4.78 is 11.6. The second-order valence-electron chi connectivity index (χ2n) is 4.43. The maximum Gasteiger partial charge on any atom is 0.261 e. The summed E-state index contributed by atoms with van der Waals surface area (Å²) in [5.41, 5.74) is 0.460. The lowest BCUT2D eigenvalue weighted by Gasteiger charge is -2.29. The molecule has 1 saturated heterocycles. The summed E-state index contributed by atoms with van der Waals surface area (Å²) in [4.78, 5) is 14.3. The summed E-state index contributed by atoms with van der Waals surface area (Å²) in [6, 6.07) is 5.32. The smallest absolute Gasteiger partial charge is 0.261 e. The minimum Gasteiger partial charge on any atom is -0.493 e. The molecule has 21 heavy (non-hydrogen) atoms. The zero-order valence-electron chi connectivity index (χ0n) is 11.7. The van der Waals surface area contributed by atoms with Crippen molar-refractivity contribution in [2.75, 3.05) is 32.9 Å². The van der Waals surface area contributed by atoms with E-state index in [1.54, 1.807) is 12.1 Å². The van der Waals surface area contributed by atoms with Crippen molar-refractivity contribution in [3.05, 3.63) is 28.2 Å². The van der Waals surface area contributed by atoms with Crippen molar-refractivity contribution in [1.29, 1.82) is 0 Å². The maximum atomic E-state index is 12.4. The van der Waals surface area contributed by atoms with Crippen molar-refractivity contribution < 1.29 is 14.3 Å². The first-order valence-corrected chi connectivity index (χ1v) is 7.92. The van der Waals surface area contributed by atoms with E-state index in [1.807, 2.05) is 17.9 Å². The number of thiocarbonyl (C=S) groups is 1. The number of morpholine rings is 1. The fourth-order valence-corrected chi connectivity index (χ4v) is 2.61. The SMILES string of the molecule is CCOc1ccc(Br)cc1C(=O)NC(=S)N1CCOCC1. The first kappa shape index (κ1) is 16.2. The normalized spacial score (nSPS) is 14.7. The van der Waals surface area contributed by atoms with Crippen LogP contribution in [0.25, 0.3) is 0 Å². The summed E-state index contributed by atoms with van der Waals surface area (Å²) >= 11 is 8.64. The second-order valence-corrected chi connectivity index (χ2v) is 5.73. The van der Waals surface area contributed by atoms with E-state index in [9.17, 15) is 4.79 Å². The van der Waals surface area contributed by atoms with E-state index in [1.165, 1.54) is 0 Å². The molecule has 0 aromatic heterocycles. The van der Waals surface area contributed by atoms with Gasteiger partial charge < -0.3 is 14.4 Å². The quantitative estimate of drug-likeness (QED) is 0.824. The van der Waals surface area contributed by atoms with E-state index in [2.05, 4.69) is 21.2 Å². The molecule has 7 heteroatoms. The Morgan fingerprint density at radius 1 is 1.48 bits per heavy atom. The van der Waals surface area contributed by atoms with Crippen LogP contribution in [-0.4, -0.2) is 48.8 Å². The minimum atomic E-state index is -0.267. The molecule has 5 nitrogen and oxygen atoms in total. The molecule has 0 radical (unpaired) electrons. The molecule has 0 unspecified atom stereocenters. The third kappa shape index (κ3) is 4.39. The Balaban J connectivity index is 2.08. The molecule has 1 aliphatic rings. The molecule has 1 fully saturated rings. The highest BCUT2D eigenvalue weighted by Gasteiger charge is 2.19. The molecular weight excluding hydrogens is 356 g/mol. The van der Waals surface area contributed by atoms with Crippen LogP contribution < -0.4 is 10.1 Å². The Hall–Kier alpha value is -1.18. The van der Waals surface area contributed by atoms with Gasteiger partial charge in [-0.1, -0.05) is 15.9 Å². The number of halogens is 1. The number of ether oxygens (including phenoxy) is 2. The average Bonchev–Trinajstić information content (AvgIpc) is 2.50. The van der Waals surface area contributed by atoms with E-state index >= 15 is 0 Å². The van der Waals surface area contributed by atoms with Crippen LogP contribution in [0.1, 0.15) is 17.3 Å². The van der Waals surface area contributed by atoms with Gasteiger partial charge in [-0.2, -0.15) is 0 Å². The van der Waals surface area contributed by atoms with Crippen LogP contribution in [0.2, 0.25) is 0 Å². The van der Waals surface area contributed by atoms with Gasteiger partial charge in [-0.3, -0.25) is 10.1 Å². The van der Waals surface area contributed by atoms with Crippen molar-refractivity contribution in [2.24, 2.45) is 0 Å². The van der Waals surface area contributed by atoms with Gasteiger partial charge in [0.25, 0.3) is 5.91 Å². The molecule has 0 atom stereocenters. The molecule has 1 N–H and O–H groups in total. The standard InChI is InChI=1S/C14H17BrN2O3S/c1-2-20-12-4-3-10(15)9-11(12)13(18)16-14(21)17-5-7-19-8-6-17/h3-4,9H,2,5-8H2,1H3,(H,16,18,21). The Labute approximate surface area is 137 Å². The van der Waals surface area contributed by atoms with Crippen LogP contribution in [0.5, 0.6) is 5.75 Å². The Morgan fingerprint density at radius 2 is 2.19 bits per heavy atom. The zero-order valence-corrected chi connectivity index (χ0v) is 14.1. The van der Waals surface area contributed by atoms with Crippen LogP contribution in [0.3, 0.4) is 0 Å². The first-order chi connectivity index (χ1) is 10.1. The van der Waals surface area contributed by atoms with Crippen molar-refractivity contribution in [3.8, 4) is 5.75 Å². The van der Waals surface area contributed by atoms with Gasteiger partial charge in [0, 0.05) is 17.6 Å². The molecular formula is C14H17BrN2O3S. The van der Waals surface area contributed by atoms with E-state index < -0.39 is 0 Å². The van der Waals surface area contributed by atoms with Gasteiger partial charge in [0.2, 0.25) is 0 Å². The number of rotatable bonds is 3. The number of carbonyl (C=O) groups excluding carboxylic acids is 1. The van der Waals surface area contributed by atoms with E-state index in [4.69, 9.17) is 21.7 Å². The third-order valence-corrected chi connectivity index (χ3v) is 3.86. The number of amides is 1. The molecule has 0 spiro atoms. The van der Waals surface area contributed by atoms with Crippen LogP contribution in [0, 0.1) is 0 Å². The van der Waals surface area contributed by atoms with Crippen molar-refractivity contribution in [3.63, 3.8) is 0 Å². The minimum absolute atomic E-state index is 0.267. The highest BCUT2D eigenvalue weighted by Crippen LogP contribution is 2.23. The summed E-state index contributed by atoms with van der Waals surface area (Å²) in [6.45, 7) is 5.00. The number of hydrogen-bond acceptors (Lipinski definition) is 4. The molecule has 0 bridgehead atoms. The lowest BCUT2D eigenvalue weighted by Crippen LogP contribution is -2.47. The Bertz CT molecular complexity index is 533. The summed E-state index contributed by atoms with van der Waals surface area (Å²) in [6.07, 6.45) is 0. The maximum absolute atomic E-state index is 12.4. The van der Waals surface area contributed by atoms with E-state index in [0.29, 0.717) is 49.3 Å². The van der Waals surface area contributed by atoms with Crippen molar-refractivity contribution in [1.82, 2.24) is 10.2 Å². The summed E-state index contributed by atoms with van der Waals surface area (Å²) in [7, 11) is 0. The highest BCUT2D eigenvalue weighted by molar-refractivity contribution is 9.10. The number of hydrogen-bond donors (Lipinski definition) is 1. The molecule has 0 aliphatic carbocycles. The van der Waals surface area contributed by atoms with Crippen LogP contribution in [0.15, 0.2) is 22.7 Å². The number of benzene rings is 1. The predicted molar refractivity (Wildman–Crippen MR) is 87.8 cm³/mol. The van der Waals surface area contributed by atoms with E-state index in [0.717, 1.165) is 4.47 Å². The lowest BCUT2D eigenvalue weighted by molar-refractivity contribution is 0.0669. The monoisotopic (exact) mass is 372 g/mol. The van der Waals surface area contributed by atoms with Crippen molar-refractivity contribution in [2.45, 2.75) is 6.92 Å². The van der Waals surface area contributed by atoms with Gasteiger partial charge in [0.05, 0.1) is 25.4 Å². The van der Waals surface area contributed by atoms with Gasteiger partial charge in [0.15, 0.2) is 5.11 Å². The lowest BCUT2D eigenvalue weighted by atomic mass is 10.2. The Morgan fingerprint density at radius 3 is 2.86 bits per heavy atom. The van der Waals surface area contributed by atoms with Gasteiger partial charge in [-0.15, -0.1) is 0 Å². The molecule has 1 aromatic carbocycles. The number of nitrogens with zero attached hydrogens (tertiary/aromatic N) is 1. The first-order valence-electron chi connectivity index (χ1n) is 6.72. The topological polar surface area (TPSA) is 50.8 Å². The highest BCUT2D eigenvalue weighted by atomic mass is 79.9. The van der Waals surface area contributed by atoms with Crippen molar-refractivity contribution >= 4 is 39.2 Å². The van der Waals surface area contributed by atoms with Gasteiger partial charge in [0.1, 0.15) is 5.75 Å². The molecule has 114 valence electrons. The van der Waals surface area contributed by atoms with Crippen LogP contribution in [0.4, 0.5) is 0 Å². The fourth-order valence-electron chi connectivity index (χ4n) is 1.97. The van der Waals surface area contributed by atoms with E-state index in [-0.39, 0.29) is 5.91 Å². The molecule has 1 aromatic rings. The largest absolute Gasteiger partial charge is 0.493 e. The molecule has 1 heterocycles. The zero-order chi connectivity index (χ0) is 15.2. The molecule has 2 rings (SSSR count). The third-order valence-electron chi connectivity index (χ3n) is 3.00. The number of nitrogens with one attached hydrogen (secondary N) is 1. The van der Waals surface area contributed by atoms with Gasteiger partial charge in [-0.25, -0.2) is 0 Å². The summed E-state index contributed by atoms with van der Waals surface area (Å²) in [5.74, 6) is 0.277. The number of carbonyl (C=O) groups is 1. The fraction of sp³-hybridized carbons (Fsp3) is 0.429. The van der Waals surface area contributed by atoms with Gasteiger partial charge in [-0.05, 0) is 37.3 Å². The Kier molecular flexibility index (Phi) is 5.96.